The van der Waals surface area contributed by atoms with E-state index in [1.807, 2.05) is 69.3 Å². The van der Waals surface area contributed by atoms with Crippen LogP contribution in [0.15, 0.2) is 68.4 Å². The average molecular weight is 690 g/mol. The van der Waals surface area contributed by atoms with Gasteiger partial charge in [-0.3, -0.25) is 14.5 Å². The first kappa shape index (κ1) is 29.3. The van der Waals surface area contributed by atoms with Crippen LogP contribution in [0, 0.1) is 13.8 Å². The summed E-state index contributed by atoms with van der Waals surface area (Å²) in [5.74, 6) is 0.412. The van der Waals surface area contributed by atoms with E-state index in [1.54, 1.807) is 17.0 Å². The summed E-state index contributed by atoms with van der Waals surface area (Å²) in [6.45, 7) is 6.47. The predicted molar refractivity (Wildman–Crippen MR) is 168 cm³/mol. The molecule has 3 aromatic rings. The number of thioether (sulfide) groups is 1. The average Bonchev–Trinajstić information content (AvgIpc) is 3.15. The summed E-state index contributed by atoms with van der Waals surface area (Å²) in [6, 6.07) is 17.2. The third-order valence-corrected chi connectivity index (χ3v) is 8.51. The van der Waals surface area contributed by atoms with Gasteiger partial charge in [0.2, 0.25) is 0 Å². The van der Waals surface area contributed by atoms with Crippen LogP contribution >= 0.6 is 55.8 Å². The first-order chi connectivity index (χ1) is 18.7. The highest BCUT2D eigenvalue weighted by molar-refractivity contribution is 9.11. The summed E-state index contributed by atoms with van der Waals surface area (Å²) >= 11 is 13.8. The van der Waals surface area contributed by atoms with Gasteiger partial charge in [0, 0.05) is 4.47 Å². The van der Waals surface area contributed by atoms with Crippen molar-refractivity contribution in [3.63, 3.8) is 0 Å². The number of nitrogens with one attached hydrogen (secondary N) is 1. The molecule has 1 N–H and O–H groups in total. The monoisotopic (exact) mass is 688 g/mol. The number of carbonyl (C=O) groups excluding carboxylic acids is 2. The van der Waals surface area contributed by atoms with Crippen LogP contribution in [-0.2, 0) is 16.1 Å². The predicted octanol–water partition coefficient (Wildman–Crippen LogP) is 7.65. The Labute approximate surface area is 254 Å². The fourth-order valence-electron chi connectivity index (χ4n) is 3.83. The normalized spacial score (nSPS) is 14.2. The molecule has 0 unspecified atom stereocenters. The van der Waals surface area contributed by atoms with Gasteiger partial charge in [0.1, 0.15) is 4.32 Å². The van der Waals surface area contributed by atoms with E-state index in [0.29, 0.717) is 44.0 Å². The Morgan fingerprint density at radius 3 is 2.49 bits per heavy atom. The minimum Gasteiger partial charge on any atom is -0.490 e. The molecule has 0 aromatic heterocycles. The molecular weight excluding hydrogens is 664 g/mol. The Balaban J connectivity index is 1.49. The molecule has 10 heteroatoms. The summed E-state index contributed by atoms with van der Waals surface area (Å²) < 4.78 is 13.6. The molecule has 1 aliphatic heterocycles. The van der Waals surface area contributed by atoms with Crippen molar-refractivity contribution in [2.75, 3.05) is 18.5 Å². The van der Waals surface area contributed by atoms with E-state index in [0.717, 1.165) is 26.7 Å². The fraction of sp³-hybridized carbons (Fsp3) is 0.207. The van der Waals surface area contributed by atoms with Crippen LogP contribution in [0.5, 0.6) is 11.5 Å². The first-order valence-corrected chi connectivity index (χ1v) is 14.9. The van der Waals surface area contributed by atoms with Gasteiger partial charge in [0.25, 0.3) is 11.8 Å². The molecule has 1 fully saturated rings. The van der Waals surface area contributed by atoms with Gasteiger partial charge in [0.05, 0.1) is 28.2 Å². The number of rotatable bonds is 9. The van der Waals surface area contributed by atoms with Gasteiger partial charge in [-0.25, -0.2) is 0 Å². The second kappa shape index (κ2) is 13.1. The highest BCUT2D eigenvalue weighted by atomic mass is 79.9. The van der Waals surface area contributed by atoms with Crippen LogP contribution in [-0.4, -0.2) is 34.2 Å². The van der Waals surface area contributed by atoms with E-state index in [-0.39, 0.29) is 18.4 Å². The van der Waals surface area contributed by atoms with Gasteiger partial charge in [-0.2, -0.15) is 0 Å². The van der Waals surface area contributed by atoms with Gasteiger partial charge in [-0.1, -0.05) is 54.3 Å². The lowest BCUT2D eigenvalue weighted by molar-refractivity contribution is -0.122. The molecule has 1 heterocycles. The second-order valence-corrected chi connectivity index (χ2v) is 12.2. The van der Waals surface area contributed by atoms with E-state index in [1.165, 1.54) is 11.8 Å². The Morgan fingerprint density at radius 2 is 1.77 bits per heavy atom. The quantitative estimate of drug-likeness (QED) is 0.184. The molecule has 0 atom stereocenters. The third-order valence-electron chi connectivity index (χ3n) is 5.89. The maximum Gasteiger partial charge on any atom is 0.266 e. The standard InChI is InChI=1S/C29H26Br2N2O4S2/c1-4-36-24-13-20(14-25-28(35)33(29(38)39-25)15-19-8-6-5-7-9-19)12-22(31)27(24)37-16-26(34)32-23-11-18(3)17(2)10-21(23)30/h5-14H,4,15-16H2,1-3H3,(H,32,34)/b25-14+. The van der Waals surface area contributed by atoms with Crippen LogP contribution < -0.4 is 14.8 Å². The van der Waals surface area contributed by atoms with E-state index in [2.05, 4.69) is 37.2 Å². The number of aryl methyl sites for hydroxylation is 2. The molecule has 6 nitrogen and oxygen atoms in total. The summed E-state index contributed by atoms with van der Waals surface area (Å²) in [6.07, 6.45) is 1.78. The number of benzene rings is 3. The van der Waals surface area contributed by atoms with Crippen LogP contribution in [0.3, 0.4) is 0 Å². The molecule has 0 bridgehead atoms. The molecule has 2 amide bonds. The maximum atomic E-state index is 13.1. The Hall–Kier alpha value is -2.66. The van der Waals surface area contributed by atoms with Crippen molar-refractivity contribution in [3.05, 3.63) is 90.7 Å². The number of ether oxygens (including phenoxy) is 2. The molecule has 0 saturated carbocycles. The van der Waals surface area contributed by atoms with E-state index in [9.17, 15) is 9.59 Å². The number of halogens is 2. The second-order valence-electron chi connectivity index (χ2n) is 8.77. The molecule has 1 aliphatic rings. The Bertz CT molecular complexity index is 1460. The van der Waals surface area contributed by atoms with Crippen LogP contribution in [0.4, 0.5) is 5.69 Å². The van der Waals surface area contributed by atoms with E-state index < -0.39 is 0 Å². The third kappa shape index (κ3) is 7.30. The molecule has 39 heavy (non-hydrogen) atoms. The van der Waals surface area contributed by atoms with Crippen molar-refractivity contribution in [1.29, 1.82) is 0 Å². The van der Waals surface area contributed by atoms with Crippen LogP contribution in [0.25, 0.3) is 6.08 Å². The minimum atomic E-state index is -0.306. The summed E-state index contributed by atoms with van der Waals surface area (Å²) in [4.78, 5) is 27.9. The van der Waals surface area contributed by atoms with E-state index in [4.69, 9.17) is 21.7 Å². The van der Waals surface area contributed by atoms with Crippen molar-refractivity contribution < 1.29 is 19.1 Å². The molecule has 202 valence electrons. The van der Waals surface area contributed by atoms with Crippen molar-refractivity contribution in [2.45, 2.75) is 27.3 Å². The highest BCUT2D eigenvalue weighted by Crippen LogP contribution is 2.40. The number of carbonyl (C=O) groups is 2. The molecule has 0 spiro atoms. The Morgan fingerprint density at radius 1 is 1.05 bits per heavy atom. The topological polar surface area (TPSA) is 67.9 Å². The molecule has 1 saturated heterocycles. The van der Waals surface area contributed by atoms with Crippen molar-refractivity contribution in [3.8, 4) is 11.5 Å². The van der Waals surface area contributed by atoms with Crippen molar-refractivity contribution >= 4 is 83.7 Å². The lowest BCUT2D eigenvalue weighted by Gasteiger charge is -2.15. The first-order valence-electron chi connectivity index (χ1n) is 12.1. The summed E-state index contributed by atoms with van der Waals surface area (Å²) in [7, 11) is 0. The maximum absolute atomic E-state index is 13.1. The SMILES string of the molecule is CCOc1cc(/C=C2/SC(=S)N(Cc3ccccc3)C2=O)cc(Br)c1OCC(=O)Nc1cc(C)c(C)cc1Br. The number of amides is 2. The summed E-state index contributed by atoms with van der Waals surface area (Å²) in [5, 5.41) is 2.88. The molecule has 3 aromatic carbocycles. The minimum absolute atomic E-state index is 0.141. The molecular formula is C29H26Br2N2O4S2. The zero-order valence-corrected chi connectivity index (χ0v) is 26.4. The van der Waals surface area contributed by atoms with Gasteiger partial charge in [0.15, 0.2) is 18.1 Å². The number of hydrogen-bond donors (Lipinski definition) is 1. The largest absolute Gasteiger partial charge is 0.490 e. The van der Waals surface area contributed by atoms with Gasteiger partial charge >= 0.3 is 0 Å². The van der Waals surface area contributed by atoms with Crippen LogP contribution in [0.1, 0.15) is 29.2 Å². The van der Waals surface area contributed by atoms with Crippen molar-refractivity contribution in [2.24, 2.45) is 0 Å². The zero-order valence-electron chi connectivity index (χ0n) is 21.5. The van der Waals surface area contributed by atoms with Gasteiger partial charge in [-0.15, -0.1) is 0 Å². The lowest BCUT2D eigenvalue weighted by Crippen LogP contribution is -2.27. The summed E-state index contributed by atoms with van der Waals surface area (Å²) in [5.41, 5.74) is 4.62. The number of thiocarbonyl (C=S) groups is 1. The van der Waals surface area contributed by atoms with Gasteiger partial charge in [-0.05, 0) is 105 Å². The molecule has 4 rings (SSSR count). The zero-order chi connectivity index (χ0) is 28.1. The Kier molecular flexibility index (Phi) is 9.87. The number of anilines is 1. The number of nitrogens with zero attached hydrogens (tertiary/aromatic N) is 1. The molecule has 0 radical (unpaired) electrons. The highest BCUT2D eigenvalue weighted by Gasteiger charge is 2.32. The van der Waals surface area contributed by atoms with Gasteiger partial charge < -0.3 is 14.8 Å². The smallest absolute Gasteiger partial charge is 0.266 e. The molecule has 0 aliphatic carbocycles. The van der Waals surface area contributed by atoms with Crippen molar-refractivity contribution in [1.82, 2.24) is 4.90 Å². The van der Waals surface area contributed by atoms with E-state index >= 15 is 0 Å². The fourth-order valence-corrected chi connectivity index (χ4v) is 6.21. The lowest BCUT2D eigenvalue weighted by atomic mass is 10.1. The van der Waals surface area contributed by atoms with Crippen LogP contribution in [0.2, 0.25) is 0 Å². The number of hydrogen-bond acceptors (Lipinski definition) is 6.